The number of carbonyl (C=O) groups excluding carboxylic acids is 1. The first-order chi connectivity index (χ1) is 9.69. The van der Waals surface area contributed by atoms with Gasteiger partial charge in [-0.1, -0.05) is 12.1 Å². The van der Waals surface area contributed by atoms with Gasteiger partial charge >= 0.3 is 5.97 Å². The lowest BCUT2D eigenvalue weighted by atomic mass is 10.1. The standard InChI is InChI=1S/C15H17NO4.ClH/c1-18-15(17)14(16)8-11-2-4-13(5-3-11)20-10-12-6-7-19-9-12;/h2-7,9,14H,8,10,16H2,1H3;1H/t14-;/m0./s1. The zero-order valence-electron chi connectivity index (χ0n) is 11.7. The van der Waals surface area contributed by atoms with E-state index < -0.39 is 12.0 Å². The molecule has 1 atom stereocenters. The number of hydrogen-bond donors (Lipinski definition) is 1. The first kappa shape index (κ1) is 17.1. The van der Waals surface area contributed by atoms with Gasteiger partial charge in [0.05, 0.1) is 19.6 Å². The van der Waals surface area contributed by atoms with Gasteiger partial charge in [0.15, 0.2) is 0 Å². The molecular weight excluding hydrogens is 294 g/mol. The fourth-order valence-corrected chi connectivity index (χ4v) is 1.75. The van der Waals surface area contributed by atoms with E-state index in [1.54, 1.807) is 12.5 Å². The molecule has 0 saturated heterocycles. The van der Waals surface area contributed by atoms with Crippen molar-refractivity contribution in [3.63, 3.8) is 0 Å². The monoisotopic (exact) mass is 311 g/mol. The van der Waals surface area contributed by atoms with Crippen molar-refractivity contribution in [2.45, 2.75) is 19.1 Å². The Morgan fingerprint density at radius 3 is 2.52 bits per heavy atom. The van der Waals surface area contributed by atoms with Crippen LogP contribution in [-0.2, 0) is 22.6 Å². The molecule has 0 unspecified atom stereocenters. The van der Waals surface area contributed by atoms with E-state index in [-0.39, 0.29) is 12.4 Å². The van der Waals surface area contributed by atoms with Crippen molar-refractivity contribution < 1.29 is 18.7 Å². The summed E-state index contributed by atoms with van der Waals surface area (Å²) in [6.07, 6.45) is 3.69. The van der Waals surface area contributed by atoms with E-state index in [0.29, 0.717) is 13.0 Å². The number of rotatable bonds is 6. The molecular formula is C15H18ClNO4. The van der Waals surface area contributed by atoms with Crippen LogP contribution in [0.1, 0.15) is 11.1 Å². The predicted octanol–water partition coefficient (Wildman–Crippen LogP) is 2.32. The van der Waals surface area contributed by atoms with Gasteiger partial charge in [-0.15, -0.1) is 12.4 Å². The molecule has 1 heterocycles. The summed E-state index contributed by atoms with van der Waals surface area (Å²) in [7, 11) is 1.33. The second-order valence-electron chi connectivity index (χ2n) is 4.40. The molecule has 2 aromatic rings. The Labute approximate surface area is 129 Å². The highest BCUT2D eigenvalue weighted by molar-refractivity contribution is 5.85. The maximum atomic E-state index is 11.2. The molecule has 0 aliphatic rings. The van der Waals surface area contributed by atoms with Crippen LogP contribution in [0.4, 0.5) is 0 Å². The summed E-state index contributed by atoms with van der Waals surface area (Å²) < 4.78 is 15.1. The van der Waals surface area contributed by atoms with Crippen molar-refractivity contribution in [1.82, 2.24) is 0 Å². The van der Waals surface area contributed by atoms with Crippen LogP contribution in [-0.4, -0.2) is 19.1 Å². The lowest BCUT2D eigenvalue weighted by Crippen LogP contribution is -2.33. The molecule has 1 aromatic carbocycles. The van der Waals surface area contributed by atoms with Crippen LogP contribution >= 0.6 is 12.4 Å². The van der Waals surface area contributed by atoms with Crippen molar-refractivity contribution >= 4 is 18.4 Å². The van der Waals surface area contributed by atoms with E-state index in [0.717, 1.165) is 16.9 Å². The molecule has 2 rings (SSSR count). The molecule has 1 aromatic heterocycles. The molecule has 0 aliphatic heterocycles. The maximum absolute atomic E-state index is 11.2. The number of nitrogens with two attached hydrogens (primary N) is 1. The average molecular weight is 312 g/mol. The molecule has 0 amide bonds. The van der Waals surface area contributed by atoms with Crippen LogP contribution in [0.5, 0.6) is 5.75 Å². The van der Waals surface area contributed by atoms with Gasteiger partial charge in [-0.3, -0.25) is 4.79 Å². The van der Waals surface area contributed by atoms with E-state index in [1.165, 1.54) is 7.11 Å². The van der Waals surface area contributed by atoms with Gasteiger partial charge < -0.3 is 19.6 Å². The second-order valence-corrected chi connectivity index (χ2v) is 4.40. The Balaban J connectivity index is 0.00000220. The number of methoxy groups -OCH3 is 1. The minimum Gasteiger partial charge on any atom is -0.489 e. The Hall–Kier alpha value is -1.98. The van der Waals surface area contributed by atoms with Crippen LogP contribution in [0.15, 0.2) is 47.3 Å². The third kappa shape index (κ3) is 5.13. The van der Waals surface area contributed by atoms with E-state index in [4.69, 9.17) is 14.9 Å². The first-order valence-electron chi connectivity index (χ1n) is 6.25. The number of carbonyl (C=O) groups is 1. The van der Waals surface area contributed by atoms with Gasteiger partial charge in [0.2, 0.25) is 0 Å². The number of hydrogen-bond acceptors (Lipinski definition) is 5. The minimum absolute atomic E-state index is 0. The molecule has 114 valence electrons. The fraction of sp³-hybridized carbons (Fsp3) is 0.267. The van der Waals surface area contributed by atoms with Crippen LogP contribution < -0.4 is 10.5 Å². The van der Waals surface area contributed by atoms with Gasteiger partial charge in [0, 0.05) is 5.56 Å². The normalized spacial score (nSPS) is 11.3. The molecule has 0 aliphatic carbocycles. The molecule has 5 nitrogen and oxygen atoms in total. The molecule has 21 heavy (non-hydrogen) atoms. The Morgan fingerprint density at radius 1 is 1.24 bits per heavy atom. The predicted molar refractivity (Wildman–Crippen MR) is 80.4 cm³/mol. The van der Waals surface area contributed by atoms with Gasteiger partial charge in [0.25, 0.3) is 0 Å². The van der Waals surface area contributed by atoms with E-state index in [9.17, 15) is 4.79 Å². The van der Waals surface area contributed by atoms with Crippen LogP contribution in [0.2, 0.25) is 0 Å². The lowest BCUT2D eigenvalue weighted by molar-refractivity contribution is -0.142. The van der Waals surface area contributed by atoms with Gasteiger partial charge in [-0.25, -0.2) is 0 Å². The second kappa shape index (κ2) is 8.34. The van der Waals surface area contributed by atoms with E-state index in [2.05, 4.69) is 4.74 Å². The maximum Gasteiger partial charge on any atom is 0.322 e. The van der Waals surface area contributed by atoms with Crippen molar-refractivity contribution in [2.75, 3.05) is 7.11 Å². The van der Waals surface area contributed by atoms with Gasteiger partial charge in [-0.05, 0) is 30.2 Å². The molecule has 0 radical (unpaired) electrons. The Bertz CT molecular complexity index is 539. The van der Waals surface area contributed by atoms with E-state index >= 15 is 0 Å². The van der Waals surface area contributed by atoms with Crippen LogP contribution in [0, 0.1) is 0 Å². The van der Waals surface area contributed by atoms with Crippen molar-refractivity contribution in [2.24, 2.45) is 5.73 Å². The number of ether oxygens (including phenoxy) is 2. The summed E-state index contributed by atoms with van der Waals surface area (Å²) in [6.45, 7) is 0.456. The third-order valence-electron chi connectivity index (χ3n) is 2.87. The summed E-state index contributed by atoms with van der Waals surface area (Å²) in [5, 5.41) is 0. The van der Waals surface area contributed by atoms with Gasteiger partial charge in [0.1, 0.15) is 18.4 Å². The lowest BCUT2D eigenvalue weighted by Gasteiger charge is -2.10. The largest absolute Gasteiger partial charge is 0.489 e. The average Bonchev–Trinajstić information content (AvgIpc) is 2.99. The highest BCUT2D eigenvalue weighted by atomic mass is 35.5. The summed E-state index contributed by atoms with van der Waals surface area (Å²) in [6, 6.07) is 8.67. The summed E-state index contributed by atoms with van der Waals surface area (Å²) >= 11 is 0. The topological polar surface area (TPSA) is 74.7 Å². The Morgan fingerprint density at radius 2 is 1.95 bits per heavy atom. The number of benzene rings is 1. The SMILES string of the molecule is COC(=O)[C@@H](N)Cc1ccc(OCc2ccoc2)cc1.Cl. The molecule has 0 saturated carbocycles. The van der Waals surface area contributed by atoms with Crippen LogP contribution in [0.25, 0.3) is 0 Å². The first-order valence-corrected chi connectivity index (χ1v) is 6.25. The molecule has 0 bridgehead atoms. The zero-order valence-corrected chi connectivity index (χ0v) is 12.5. The smallest absolute Gasteiger partial charge is 0.322 e. The highest BCUT2D eigenvalue weighted by Gasteiger charge is 2.13. The fourth-order valence-electron chi connectivity index (χ4n) is 1.75. The summed E-state index contributed by atoms with van der Waals surface area (Å²) in [4.78, 5) is 11.2. The van der Waals surface area contributed by atoms with Crippen LogP contribution in [0.3, 0.4) is 0 Å². The molecule has 0 spiro atoms. The molecule has 6 heteroatoms. The highest BCUT2D eigenvalue weighted by Crippen LogP contribution is 2.15. The summed E-state index contributed by atoms with van der Waals surface area (Å²) in [5.74, 6) is 0.340. The number of furan rings is 1. The summed E-state index contributed by atoms with van der Waals surface area (Å²) in [5.41, 5.74) is 7.64. The third-order valence-corrected chi connectivity index (χ3v) is 2.87. The van der Waals surface area contributed by atoms with Crippen molar-refractivity contribution in [3.8, 4) is 5.75 Å². The minimum atomic E-state index is -0.641. The number of halogens is 1. The van der Waals surface area contributed by atoms with E-state index in [1.807, 2.05) is 30.3 Å². The number of esters is 1. The molecule has 2 N–H and O–H groups in total. The quantitative estimate of drug-likeness (QED) is 0.829. The van der Waals surface area contributed by atoms with Gasteiger partial charge in [-0.2, -0.15) is 0 Å². The Kier molecular flexibility index (Phi) is 6.78. The molecule has 0 fully saturated rings. The van der Waals surface area contributed by atoms with Crippen molar-refractivity contribution in [3.05, 3.63) is 54.0 Å². The van der Waals surface area contributed by atoms with Crippen molar-refractivity contribution in [1.29, 1.82) is 0 Å². The zero-order chi connectivity index (χ0) is 14.4.